The molecule has 0 saturated carbocycles. The molecule has 8 heteroatoms. The summed E-state index contributed by atoms with van der Waals surface area (Å²) in [5.41, 5.74) is 0. The molecule has 0 aliphatic rings. The Hall–Kier alpha value is -0.900. The minimum absolute atomic E-state index is 0.160. The van der Waals surface area contributed by atoms with Crippen LogP contribution in [0.3, 0.4) is 0 Å². The van der Waals surface area contributed by atoms with Gasteiger partial charge in [-0.25, -0.2) is 0 Å². The summed E-state index contributed by atoms with van der Waals surface area (Å²) < 4.78 is 0. The van der Waals surface area contributed by atoms with Crippen molar-refractivity contribution in [2.24, 2.45) is 0 Å². The first-order valence-corrected chi connectivity index (χ1v) is 4.37. The maximum atomic E-state index is 11.0. The van der Waals surface area contributed by atoms with Crippen LogP contribution in [0, 0.1) is 0 Å². The molecule has 0 aromatic heterocycles. The quantitative estimate of drug-likeness (QED) is 0.191. The van der Waals surface area contributed by atoms with E-state index in [-0.39, 0.29) is 6.29 Å². The Morgan fingerprint density at radius 1 is 1.06 bits per heavy atom. The Morgan fingerprint density at radius 2 is 1.56 bits per heavy atom. The van der Waals surface area contributed by atoms with Crippen molar-refractivity contribution in [3.8, 4) is 0 Å². The van der Waals surface area contributed by atoms with Crippen LogP contribution in [-0.2, 0) is 9.59 Å². The fourth-order valence-electron chi connectivity index (χ4n) is 0.933. The summed E-state index contributed by atoms with van der Waals surface area (Å²) in [6, 6.07) is 0. The maximum absolute atomic E-state index is 11.0. The molecule has 5 atom stereocenters. The third-order valence-corrected chi connectivity index (χ3v) is 1.97. The second-order valence-corrected chi connectivity index (χ2v) is 3.16. The third kappa shape index (κ3) is 3.59. The molecule has 94 valence electrons. The lowest BCUT2D eigenvalue weighted by molar-refractivity contribution is -0.155. The zero-order valence-corrected chi connectivity index (χ0v) is 8.17. The van der Waals surface area contributed by atoms with Crippen LogP contribution in [0.1, 0.15) is 0 Å². The van der Waals surface area contributed by atoms with Gasteiger partial charge in [-0.1, -0.05) is 0 Å². The van der Waals surface area contributed by atoms with E-state index in [1.54, 1.807) is 0 Å². The van der Waals surface area contributed by atoms with Crippen LogP contribution in [0.2, 0.25) is 0 Å². The van der Waals surface area contributed by atoms with Gasteiger partial charge in [-0.2, -0.15) is 0 Å². The highest BCUT2D eigenvalue weighted by atomic mass is 16.4. The summed E-state index contributed by atoms with van der Waals surface area (Å²) in [4.78, 5) is 21.0. The number of ketones is 1. The van der Waals surface area contributed by atoms with Crippen LogP contribution in [-0.4, -0.2) is 79.8 Å². The number of carbonyl (C=O) groups excluding carboxylic acids is 2. The second-order valence-electron chi connectivity index (χ2n) is 3.16. The molecule has 1 unspecified atom stereocenters. The number of aliphatic hydroxyl groups is 6. The fraction of sp³-hybridized carbons (Fsp3) is 0.750. The van der Waals surface area contributed by atoms with Crippen LogP contribution < -0.4 is 0 Å². The molecular formula is C8H14O8. The fourth-order valence-corrected chi connectivity index (χ4v) is 0.933. The van der Waals surface area contributed by atoms with Crippen molar-refractivity contribution < 1.29 is 40.2 Å². The maximum Gasteiger partial charge on any atom is 0.199 e. The second kappa shape index (κ2) is 6.63. The Labute approximate surface area is 90.4 Å². The van der Waals surface area contributed by atoms with E-state index in [2.05, 4.69) is 0 Å². The summed E-state index contributed by atoms with van der Waals surface area (Å²) in [6.07, 6.45) is -10.4. The van der Waals surface area contributed by atoms with Crippen molar-refractivity contribution in [2.75, 3.05) is 6.61 Å². The number of hydrogen-bond donors (Lipinski definition) is 6. The van der Waals surface area contributed by atoms with Gasteiger partial charge in [0, 0.05) is 0 Å². The van der Waals surface area contributed by atoms with Crippen molar-refractivity contribution in [1.82, 2.24) is 0 Å². The topological polar surface area (TPSA) is 156 Å². The SMILES string of the molecule is O=CC(O)C(=O)[C@H](O)[C@@H](O)[C@H](O)[C@H](O)CO. The summed E-state index contributed by atoms with van der Waals surface area (Å²) in [6.45, 7) is -0.893. The molecular weight excluding hydrogens is 224 g/mol. The van der Waals surface area contributed by atoms with Crippen molar-refractivity contribution in [1.29, 1.82) is 0 Å². The van der Waals surface area contributed by atoms with Crippen LogP contribution in [0.25, 0.3) is 0 Å². The molecule has 0 aromatic carbocycles. The molecule has 0 aliphatic heterocycles. The van der Waals surface area contributed by atoms with Gasteiger partial charge in [0.05, 0.1) is 6.61 Å². The molecule has 0 aliphatic carbocycles. The van der Waals surface area contributed by atoms with E-state index >= 15 is 0 Å². The smallest absolute Gasteiger partial charge is 0.199 e. The number of hydrogen-bond acceptors (Lipinski definition) is 8. The molecule has 6 N–H and O–H groups in total. The molecule has 0 fully saturated rings. The van der Waals surface area contributed by atoms with Gasteiger partial charge in [-0.3, -0.25) is 9.59 Å². The average molecular weight is 238 g/mol. The Bertz CT molecular complexity index is 242. The summed E-state index contributed by atoms with van der Waals surface area (Å²) in [5, 5.41) is 53.5. The molecule has 0 aromatic rings. The molecule has 0 amide bonds. The highest BCUT2D eigenvalue weighted by Crippen LogP contribution is 2.07. The molecule has 0 rings (SSSR count). The van der Waals surface area contributed by atoms with Crippen molar-refractivity contribution in [3.05, 3.63) is 0 Å². The third-order valence-electron chi connectivity index (χ3n) is 1.97. The monoisotopic (exact) mass is 238 g/mol. The van der Waals surface area contributed by atoms with Gasteiger partial charge in [-0.05, 0) is 0 Å². The number of Topliss-reactive ketones (excluding diaryl/α,β-unsaturated/α-hetero) is 1. The lowest BCUT2D eigenvalue weighted by atomic mass is 9.98. The average Bonchev–Trinajstić information content (AvgIpc) is 2.32. The van der Waals surface area contributed by atoms with E-state index < -0.39 is 42.9 Å². The number of rotatable bonds is 7. The van der Waals surface area contributed by atoms with E-state index in [4.69, 9.17) is 25.5 Å². The van der Waals surface area contributed by atoms with Crippen molar-refractivity contribution in [3.63, 3.8) is 0 Å². The summed E-state index contributed by atoms with van der Waals surface area (Å²) in [7, 11) is 0. The standard InChI is InChI=1S/C8H14O8/c9-1-3(11)5(13)7(15)8(16)6(14)4(12)2-10/h1,3-4,6-8,10-12,14-16H,2H2/t3?,4-,6-,7+,8+/m1/s1. The minimum atomic E-state index is -2.24. The number of aldehydes is 1. The highest BCUT2D eigenvalue weighted by molar-refractivity contribution is 5.98. The zero-order chi connectivity index (χ0) is 12.9. The van der Waals surface area contributed by atoms with Gasteiger partial charge >= 0.3 is 0 Å². The molecule has 8 nitrogen and oxygen atoms in total. The lowest BCUT2D eigenvalue weighted by Crippen LogP contribution is -2.51. The normalized spacial score (nSPS) is 20.6. The van der Waals surface area contributed by atoms with Crippen molar-refractivity contribution >= 4 is 12.1 Å². The molecule has 0 heterocycles. The van der Waals surface area contributed by atoms with E-state index in [1.807, 2.05) is 0 Å². The summed E-state index contributed by atoms with van der Waals surface area (Å²) >= 11 is 0. The first kappa shape index (κ1) is 15.1. The minimum Gasteiger partial charge on any atom is -0.394 e. The van der Waals surface area contributed by atoms with E-state index in [9.17, 15) is 14.7 Å². The first-order chi connectivity index (χ1) is 7.36. The number of carbonyl (C=O) groups is 2. The predicted molar refractivity (Wildman–Crippen MR) is 48.2 cm³/mol. The van der Waals surface area contributed by atoms with Gasteiger partial charge in [0.2, 0.25) is 0 Å². The Kier molecular flexibility index (Phi) is 6.26. The van der Waals surface area contributed by atoms with Crippen LogP contribution in [0.5, 0.6) is 0 Å². The van der Waals surface area contributed by atoms with Gasteiger partial charge in [-0.15, -0.1) is 0 Å². The van der Waals surface area contributed by atoms with Crippen LogP contribution in [0.4, 0.5) is 0 Å². The van der Waals surface area contributed by atoms with Gasteiger partial charge in [0.25, 0.3) is 0 Å². The molecule has 0 saturated heterocycles. The van der Waals surface area contributed by atoms with Crippen LogP contribution >= 0.6 is 0 Å². The molecule has 0 spiro atoms. The molecule has 0 bridgehead atoms. The van der Waals surface area contributed by atoms with Gasteiger partial charge < -0.3 is 30.6 Å². The largest absolute Gasteiger partial charge is 0.394 e. The molecule has 0 radical (unpaired) electrons. The zero-order valence-electron chi connectivity index (χ0n) is 8.17. The molecule has 16 heavy (non-hydrogen) atoms. The van der Waals surface area contributed by atoms with E-state index in [1.165, 1.54) is 0 Å². The predicted octanol–water partition coefficient (Wildman–Crippen LogP) is -4.45. The van der Waals surface area contributed by atoms with Gasteiger partial charge in [0.15, 0.2) is 18.2 Å². The number of aliphatic hydroxyl groups excluding tert-OH is 6. The van der Waals surface area contributed by atoms with E-state index in [0.717, 1.165) is 0 Å². The van der Waals surface area contributed by atoms with Crippen molar-refractivity contribution in [2.45, 2.75) is 30.5 Å². The Morgan fingerprint density at radius 3 is 1.94 bits per heavy atom. The Balaban J connectivity index is 4.54. The lowest BCUT2D eigenvalue weighted by Gasteiger charge is -2.25. The highest BCUT2D eigenvalue weighted by Gasteiger charge is 2.36. The van der Waals surface area contributed by atoms with E-state index in [0.29, 0.717) is 0 Å². The van der Waals surface area contributed by atoms with Crippen LogP contribution in [0.15, 0.2) is 0 Å². The first-order valence-electron chi connectivity index (χ1n) is 4.37. The van der Waals surface area contributed by atoms with Gasteiger partial charge in [0.1, 0.15) is 24.4 Å². The summed E-state index contributed by atoms with van der Waals surface area (Å²) in [5.74, 6) is -1.41.